The Bertz CT molecular complexity index is 5160. The van der Waals surface area contributed by atoms with Gasteiger partial charge in [0.15, 0.2) is 0 Å². The topological polar surface area (TPSA) is 16.3 Å². The number of benzene rings is 15. The van der Waals surface area contributed by atoms with Gasteiger partial charge >= 0.3 is 0 Å². The quantitative estimate of drug-likeness (QED) is 0.121. The number of nitrogens with zero attached hydrogens (tertiary/aromatic N) is 4. The molecule has 90 heavy (non-hydrogen) atoms. The van der Waals surface area contributed by atoms with Crippen LogP contribution in [-0.2, 0) is 0 Å². The molecule has 0 aliphatic heterocycles. The Kier molecular flexibility index (Phi) is 12.8. The molecule has 2 heterocycles. The number of hydrogen-bond donors (Lipinski definition) is 0. The Labute approximate surface area is 522 Å². The molecule has 0 radical (unpaired) electrons. The van der Waals surface area contributed by atoms with Crippen LogP contribution in [0.3, 0.4) is 0 Å². The maximum atomic E-state index is 2.46. The Morgan fingerprint density at radius 1 is 0.167 bits per heavy atom. The van der Waals surface area contributed by atoms with Crippen molar-refractivity contribution >= 4 is 99.3 Å². The predicted octanol–water partition coefficient (Wildman–Crippen LogP) is 23.8. The van der Waals surface area contributed by atoms with Gasteiger partial charge in [0.1, 0.15) is 0 Å². The lowest BCUT2D eigenvalue weighted by Crippen LogP contribution is -2.13. The van der Waals surface area contributed by atoms with E-state index in [1.165, 1.54) is 87.6 Å². The van der Waals surface area contributed by atoms with Gasteiger partial charge in [0, 0.05) is 66.4 Å². The molecular formula is C86H58N4. The van der Waals surface area contributed by atoms with Crippen LogP contribution in [0.2, 0.25) is 0 Å². The van der Waals surface area contributed by atoms with Crippen molar-refractivity contribution < 1.29 is 0 Å². The Morgan fingerprint density at radius 2 is 0.444 bits per heavy atom. The van der Waals surface area contributed by atoms with E-state index in [1.807, 2.05) is 0 Å². The summed E-state index contributed by atoms with van der Waals surface area (Å²) in [4.78, 5) is 4.82. The van der Waals surface area contributed by atoms with E-state index in [0.29, 0.717) is 0 Å². The summed E-state index contributed by atoms with van der Waals surface area (Å²) in [5.74, 6) is 0. The second-order valence-corrected chi connectivity index (χ2v) is 23.3. The highest BCUT2D eigenvalue weighted by Crippen LogP contribution is 2.46. The molecule has 0 unspecified atom stereocenters. The smallest absolute Gasteiger partial charge is 0.0542 e. The van der Waals surface area contributed by atoms with Crippen LogP contribution in [0.1, 0.15) is 0 Å². The SMILES string of the molecule is c1ccc(-c2ccc(-c3ccc4c(c3)c3cc(N(c5ccccc5)c5cccc(N(c6ccccc6)c6ccc7c(c6)c6cc(-c8ccc(-c9ccccc9)cc8)ccc6n7-c6cccc7ccccc67)c5)ccc3n4-c3cccc4ccccc34)cc2)cc1. The van der Waals surface area contributed by atoms with Crippen LogP contribution in [0, 0.1) is 0 Å². The fourth-order valence-electron chi connectivity index (χ4n) is 13.8. The van der Waals surface area contributed by atoms with E-state index in [0.717, 1.165) is 67.6 Å². The number of anilines is 6. The van der Waals surface area contributed by atoms with Gasteiger partial charge in [0.2, 0.25) is 0 Å². The summed E-state index contributed by atoms with van der Waals surface area (Å²) in [7, 11) is 0. The van der Waals surface area contributed by atoms with Gasteiger partial charge in [-0.05, 0) is 171 Å². The minimum absolute atomic E-state index is 1.03. The van der Waals surface area contributed by atoms with E-state index in [4.69, 9.17) is 0 Å². The highest BCUT2D eigenvalue weighted by atomic mass is 15.2. The van der Waals surface area contributed by atoms with Gasteiger partial charge < -0.3 is 18.9 Å². The zero-order valence-corrected chi connectivity index (χ0v) is 49.3. The summed E-state index contributed by atoms with van der Waals surface area (Å²) in [5.41, 5.74) is 22.7. The van der Waals surface area contributed by atoms with Crippen molar-refractivity contribution in [1.29, 1.82) is 0 Å². The van der Waals surface area contributed by atoms with Crippen LogP contribution in [0.15, 0.2) is 352 Å². The molecule has 2 aromatic heterocycles. The molecule has 422 valence electrons. The lowest BCUT2D eigenvalue weighted by molar-refractivity contribution is 1.19. The first kappa shape index (κ1) is 52.4. The average Bonchev–Trinajstić information content (AvgIpc) is 1.62. The van der Waals surface area contributed by atoms with Crippen molar-refractivity contribution in [2.24, 2.45) is 0 Å². The lowest BCUT2D eigenvalue weighted by Gasteiger charge is -2.29. The molecule has 0 fully saturated rings. The van der Waals surface area contributed by atoms with E-state index in [-0.39, 0.29) is 0 Å². The van der Waals surface area contributed by atoms with Gasteiger partial charge in [-0.25, -0.2) is 0 Å². The molecule has 17 aromatic rings. The summed E-state index contributed by atoms with van der Waals surface area (Å²) in [6, 6.07) is 129. The van der Waals surface area contributed by atoms with Crippen molar-refractivity contribution in [2.45, 2.75) is 0 Å². The molecular weight excluding hydrogens is 1090 g/mol. The average molecular weight is 1150 g/mol. The molecule has 0 N–H and O–H groups in total. The highest BCUT2D eigenvalue weighted by Gasteiger charge is 2.23. The van der Waals surface area contributed by atoms with Crippen LogP contribution in [0.5, 0.6) is 0 Å². The van der Waals surface area contributed by atoms with Crippen LogP contribution in [0.25, 0.3) is 121 Å². The van der Waals surface area contributed by atoms with Crippen molar-refractivity contribution in [3.05, 3.63) is 352 Å². The van der Waals surface area contributed by atoms with E-state index >= 15 is 0 Å². The predicted molar refractivity (Wildman–Crippen MR) is 381 cm³/mol. The summed E-state index contributed by atoms with van der Waals surface area (Å²) < 4.78 is 4.93. The Balaban J connectivity index is 0.826. The highest BCUT2D eigenvalue weighted by molar-refractivity contribution is 6.15. The monoisotopic (exact) mass is 1150 g/mol. The second kappa shape index (κ2) is 22.1. The van der Waals surface area contributed by atoms with Gasteiger partial charge in [-0.3, -0.25) is 0 Å². The van der Waals surface area contributed by atoms with E-state index in [2.05, 4.69) is 371 Å². The van der Waals surface area contributed by atoms with Gasteiger partial charge in [0.05, 0.1) is 33.4 Å². The number of hydrogen-bond acceptors (Lipinski definition) is 2. The number of aromatic nitrogens is 2. The zero-order valence-electron chi connectivity index (χ0n) is 49.3. The van der Waals surface area contributed by atoms with Crippen molar-refractivity contribution in [1.82, 2.24) is 9.13 Å². The second-order valence-electron chi connectivity index (χ2n) is 23.3. The molecule has 0 bridgehead atoms. The van der Waals surface area contributed by atoms with Crippen LogP contribution in [-0.4, -0.2) is 9.13 Å². The molecule has 4 heteroatoms. The van der Waals surface area contributed by atoms with Crippen molar-refractivity contribution in [3.63, 3.8) is 0 Å². The van der Waals surface area contributed by atoms with Crippen LogP contribution in [0.4, 0.5) is 34.1 Å². The Hall–Kier alpha value is -12.0. The summed E-state index contributed by atoms with van der Waals surface area (Å²) in [5, 5.41) is 9.54. The largest absolute Gasteiger partial charge is 0.310 e. The summed E-state index contributed by atoms with van der Waals surface area (Å²) >= 11 is 0. The first-order valence-corrected chi connectivity index (χ1v) is 30.9. The van der Waals surface area contributed by atoms with Crippen LogP contribution >= 0.6 is 0 Å². The van der Waals surface area contributed by atoms with Crippen LogP contribution < -0.4 is 9.80 Å². The fraction of sp³-hybridized carbons (Fsp3) is 0. The third-order valence-electron chi connectivity index (χ3n) is 18.1. The summed E-state index contributed by atoms with van der Waals surface area (Å²) in [6.07, 6.45) is 0. The van der Waals surface area contributed by atoms with Gasteiger partial charge in [-0.1, -0.05) is 237 Å². The first-order chi connectivity index (χ1) is 44.6. The van der Waals surface area contributed by atoms with E-state index < -0.39 is 0 Å². The number of rotatable bonds is 12. The minimum Gasteiger partial charge on any atom is -0.310 e. The van der Waals surface area contributed by atoms with Crippen molar-refractivity contribution in [2.75, 3.05) is 9.80 Å². The van der Waals surface area contributed by atoms with Gasteiger partial charge in [-0.15, -0.1) is 0 Å². The molecule has 0 saturated heterocycles. The first-order valence-electron chi connectivity index (χ1n) is 30.9. The fourth-order valence-corrected chi connectivity index (χ4v) is 13.8. The molecule has 4 nitrogen and oxygen atoms in total. The standard InChI is InChI=1S/C86H58N4/c1-5-20-59(21-6-1)61-38-42-63(43-39-61)67-46-50-83-77(54-67)79-57-73(48-52-85(79)89(83)81-36-17-26-65-24-13-15-34-75(65)81)87(69-28-9-3-10-29-69)71-32-19-33-72(56-71)88(70-30-11-4-12-31-70)74-49-53-86-80(58-74)78-55-68(64-44-40-62(41-45-64)60-22-7-2-8-23-60)47-51-84(78)90(86)82-37-18-27-66-25-14-16-35-76(66)82/h1-58H. The zero-order chi connectivity index (χ0) is 59.5. The van der Waals surface area contributed by atoms with Crippen molar-refractivity contribution in [3.8, 4) is 55.9 Å². The molecule has 0 aliphatic rings. The lowest BCUT2D eigenvalue weighted by atomic mass is 9.99. The molecule has 0 aliphatic carbocycles. The number of para-hydroxylation sites is 2. The summed E-state index contributed by atoms with van der Waals surface area (Å²) in [6.45, 7) is 0. The molecule has 0 spiro atoms. The maximum absolute atomic E-state index is 2.46. The van der Waals surface area contributed by atoms with Gasteiger partial charge in [0.25, 0.3) is 0 Å². The van der Waals surface area contributed by atoms with Gasteiger partial charge in [-0.2, -0.15) is 0 Å². The molecule has 0 atom stereocenters. The third-order valence-corrected chi connectivity index (χ3v) is 18.1. The minimum atomic E-state index is 1.03. The molecule has 17 rings (SSSR count). The normalized spacial score (nSPS) is 11.6. The maximum Gasteiger partial charge on any atom is 0.0542 e. The number of fused-ring (bicyclic) bond motifs is 8. The third kappa shape index (κ3) is 9.17. The molecule has 0 saturated carbocycles. The van der Waals surface area contributed by atoms with E-state index in [9.17, 15) is 0 Å². The van der Waals surface area contributed by atoms with E-state index in [1.54, 1.807) is 0 Å². The molecule has 15 aromatic carbocycles. The molecule has 0 amide bonds. The Morgan fingerprint density at radius 3 is 0.856 bits per heavy atom.